The molecule has 0 aliphatic rings. The molecule has 0 saturated heterocycles. The van der Waals surface area contributed by atoms with E-state index in [4.69, 9.17) is 27.1 Å². The van der Waals surface area contributed by atoms with Crippen molar-refractivity contribution in [3.05, 3.63) is 12.3 Å². The van der Waals surface area contributed by atoms with Gasteiger partial charge >= 0.3 is 18.5 Å². The first-order valence-corrected chi connectivity index (χ1v) is 7.83. The van der Waals surface area contributed by atoms with Gasteiger partial charge in [0.2, 0.25) is 0 Å². The van der Waals surface area contributed by atoms with Crippen LogP contribution >= 0.6 is 0 Å². The van der Waals surface area contributed by atoms with Gasteiger partial charge < -0.3 is 28.4 Å². The monoisotopic (exact) mass is 382 g/mol. The standard InChI is InChI=1S/C18H22O9/c1-5-9-22-15(19)25-12-18(8-4,13-26-16(20)23-10-6-2)14-27-17(21)24-11-7-3/h1-2,7,11H,8-10,12-14H2,3-4H3. The molecule has 9 nitrogen and oxygen atoms in total. The number of carbonyl (C=O) groups excluding carboxylic acids is 3. The third-order valence-electron chi connectivity index (χ3n) is 3.09. The SMILES string of the molecule is C#CCOC(=O)OCC(CC)(COC(=O)OC=CC)COC(=O)OCC#C. The van der Waals surface area contributed by atoms with E-state index >= 15 is 0 Å². The Morgan fingerprint density at radius 3 is 1.67 bits per heavy atom. The first kappa shape index (κ1) is 23.7. The molecule has 0 aromatic carbocycles. The average Bonchev–Trinajstić information content (AvgIpc) is 2.68. The number of hydrogen-bond donors (Lipinski definition) is 0. The van der Waals surface area contributed by atoms with E-state index in [0.29, 0.717) is 6.42 Å². The highest BCUT2D eigenvalue weighted by molar-refractivity contribution is 5.61. The zero-order valence-electron chi connectivity index (χ0n) is 15.2. The molecule has 0 saturated carbocycles. The van der Waals surface area contributed by atoms with Crippen LogP contribution in [0.3, 0.4) is 0 Å². The second-order valence-corrected chi connectivity index (χ2v) is 5.04. The van der Waals surface area contributed by atoms with Gasteiger partial charge in [-0.25, -0.2) is 14.4 Å². The van der Waals surface area contributed by atoms with Gasteiger partial charge in [0.1, 0.15) is 19.8 Å². The summed E-state index contributed by atoms with van der Waals surface area (Å²) in [6.07, 6.45) is 9.88. The lowest BCUT2D eigenvalue weighted by molar-refractivity contribution is -0.0498. The van der Waals surface area contributed by atoms with Crippen LogP contribution in [0.25, 0.3) is 0 Å². The summed E-state index contributed by atoms with van der Waals surface area (Å²) in [5.41, 5.74) is -1.07. The molecule has 0 atom stereocenters. The molecule has 0 bridgehead atoms. The molecular formula is C18H22O9. The molecule has 0 aliphatic heterocycles. The molecule has 27 heavy (non-hydrogen) atoms. The van der Waals surface area contributed by atoms with Crippen LogP contribution in [0.5, 0.6) is 0 Å². The smallest absolute Gasteiger partial charge is 0.433 e. The maximum absolute atomic E-state index is 11.5. The van der Waals surface area contributed by atoms with Crippen LogP contribution < -0.4 is 0 Å². The number of hydrogen-bond acceptors (Lipinski definition) is 9. The number of carbonyl (C=O) groups is 3. The first-order chi connectivity index (χ1) is 12.9. The molecule has 148 valence electrons. The summed E-state index contributed by atoms with van der Waals surface area (Å²) >= 11 is 0. The summed E-state index contributed by atoms with van der Waals surface area (Å²) in [5.74, 6) is 4.22. The first-order valence-electron chi connectivity index (χ1n) is 7.83. The van der Waals surface area contributed by atoms with E-state index in [-0.39, 0.29) is 33.0 Å². The van der Waals surface area contributed by atoms with Crippen LogP contribution in [0.15, 0.2) is 12.3 Å². The van der Waals surface area contributed by atoms with Gasteiger partial charge in [-0.15, -0.1) is 12.8 Å². The highest BCUT2D eigenvalue weighted by atomic mass is 16.7. The highest BCUT2D eigenvalue weighted by Gasteiger charge is 2.35. The molecule has 0 amide bonds. The Bertz CT molecular complexity index is 561. The average molecular weight is 382 g/mol. The summed E-state index contributed by atoms with van der Waals surface area (Å²) in [6, 6.07) is 0. The zero-order valence-corrected chi connectivity index (χ0v) is 15.2. The number of ether oxygens (including phenoxy) is 6. The van der Waals surface area contributed by atoms with Crippen molar-refractivity contribution in [1.29, 1.82) is 0 Å². The van der Waals surface area contributed by atoms with Crippen molar-refractivity contribution in [2.45, 2.75) is 20.3 Å². The van der Waals surface area contributed by atoms with Gasteiger partial charge in [0, 0.05) is 0 Å². The summed E-state index contributed by atoms with van der Waals surface area (Å²) in [6.45, 7) is 1.99. The van der Waals surface area contributed by atoms with Crippen LogP contribution in [0.2, 0.25) is 0 Å². The van der Waals surface area contributed by atoms with Crippen molar-refractivity contribution >= 4 is 18.5 Å². The Balaban J connectivity index is 4.92. The molecule has 0 aromatic heterocycles. The Morgan fingerprint density at radius 1 is 0.852 bits per heavy atom. The van der Waals surface area contributed by atoms with Crippen molar-refractivity contribution in [3.8, 4) is 24.7 Å². The molecule has 0 spiro atoms. The molecule has 0 unspecified atom stereocenters. The van der Waals surface area contributed by atoms with Crippen molar-refractivity contribution in [3.63, 3.8) is 0 Å². The molecule has 0 aliphatic carbocycles. The fraction of sp³-hybridized carbons (Fsp3) is 0.500. The Labute approximate surface area is 157 Å². The Morgan fingerprint density at radius 2 is 1.30 bits per heavy atom. The Kier molecular flexibility index (Phi) is 12.2. The largest absolute Gasteiger partial charge is 0.513 e. The van der Waals surface area contributed by atoms with Crippen molar-refractivity contribution < 1.29 is 42.8 Å². The lowest BCUT2D eigenvalue weighted by Crippen LogP contribution is -2.39. The summed E-state index contributed by atoms with van der Waals surface area (Å²) in [4.78, 5) is 34.5. The van der Waals surface area contributed by atoms with Gasteiger partial charge in [-0.3, -0.25) is 0 Å². The van der Waals surface area contributed by atoms with E-state index in [1.165, 1.54) is 6.08 Å². The van der Waals surface area contributed by atoms with Crippen molar-refractivity contribution in [1.82, 2.24) is 0 Å². The molecular weight excluding hydrogens is 360 g/mol. The van der Waals surface area contributed by atoms with Crippen LogP contribution in [0.4, 0.5) is 14.4 Å². The maximum Gasteiger partial charge on any atom is 0.513 e. The predicted molar refractivity (Wildman–Crippen MR) is 92.2 cm³/mol. The molecule has 0 aromatic rings. The minimum atomic E-state index is -1.07. The van der Waals surface area contributed by atoms with Gasteiger partial charge in [-0.1, -0.05) is 24.8 Å². The molecule has 0 rings (SSSR count). The second-order valence-electron chi connectivity index (χ2n) is 5.04. The van der Waals surface area contributed by atoms with Crippen molar-refractivity contribution in [2.75, 3.05) is 33.0 Å². The normalized spacial score (nSPS) is 10.2. The third kappa shape index (κ3) is 11.0. The molecule has 9 heteroatoms. The molecule has 0 heterocycles. The Hall–Kier alpha value is -3.33. The van der Waals surface area contributed by atoms with E-state index in [9.17, 15) is 14.4 Å². The number of allylic oxidation sites excluding steroid dienone is 1. The van der Waals surface area contributed by atoms with E-state index in [0.717, 1.165) is 6.26 Å². The second kappa shape index (κ2) is 13.9. The van der Waals surface area contributed by atoms with E-state index in [2.05, 4.69) is 26.1 Å². The summed E-state index contributed by atoms with van der Waals surface area (Å²) in [5, 5.41) is 0. The maximum atomic E-state index is 11.5. The number of rotatable bonds is 10. The fourth-order valence-electron chi connectivity index (χ4n) is 1.51. The molecule has 0 N–H and O–H groups in total. The predicted octanol–water partition coefficient (Wildman–Crippen LogP) is 2.64. The van der Waals surface area contributed by atoms with Gasteiger partial charge in [0.05, 0.1) is 11.7 Å². The molecule has 0 fully saturated rings. The third-order valence-corrected chi connectivity index (χ3v) is 3.09. The van der Waals surface area contributed by atoms with Gasteiger partial charge in [-0.2, -0.15) is 0 Å². The minimum Gasteiger partial charge on any atom is -0.433 e. The van der Waals surface area contributed by atoms with Crippen LogP contribution in [-0.2, 0) is 28.4 Å². The topological polar surface area (TPSA) is 107 Å². The summed E-state index contributed by atoms with van der Waals surface area (Å²) < 4.78 is 28.7. The quantitative estimate of drug-likeness (QED) is 0.244. The van der Waals surface area contributed by atoms with Crippen molar-refractivity contribution in [2.24, 2.45) is 5.41 Å². The zero-order chi connectivity index (χ0) is 20.5. The lowest BCUT2D eigenvalue weighted by Gasteiger charge is -2.30. The van der Waals surface area contributed by atoms with Gasteiger partial charge in [-0.05, 0) is 13.3 Å². The summed E-state index contributed by atoms with van der Waals surface area (Å²) in [7, 11) is 0. The lowest BCUT2D eigenvalue weighted by atomic mass is 9.88. The van der Waals surface area contributed by atoms with E-state index < -0.39 is 23.9 Å². The van der Waals surface area contributed by atoms with Gasteiger partial charge in [0.25, 0.3) is 0 Å². The van der Waals surface area contributed by atoms with E-state index in [1.807, 2.05) is 0 Å². The van der Waals surface area contributed by atoms with Crippen LogP contribution in [0, 0.1) is 30.1 Å². The fourth-order valence-corrected chi connectivity index (χ4v) is 1.51. The van der Waals surface area contributed by atoms with Crippen LogP contribution in [0.1, 0.15) is 20.3 Å². The van der Waals surface area contributed by atoms with E-state index in [1.54, 1.807) is 13.8 Å². The highest BCUT2D eigenvalue weighted by Crippen LogP contribution is 2.25. The number of terminal acetylenes is 2. The van der Waals surface area contributed by atoms with Gasteiger partial charge in [0.15, 0.2) is 13.2 Å². The van der Waals surface area contributed by atoms with Crippen LogP contribution in [-0.4, -0.2) is 51.5 Å². The molecule has 0 radical (unpaired) electrons. The minimum absolute atomic E-state index is 0.265.